The summed E-state index contributed by atoms with van der Waals surface area (Å²) in [5.41, 5.74) is 3.76. The fourth-order valence-electron chi connectivity index (χ4n) is 3.00. The number of rotatable bonds is 5. The molecule has 0 heterocycles. The SMILES string of the molecule is COC(=O)c1ccc(O[C@@H](C)C(=O)c2ccc3c(c2)CCC3)cc1. The molecule has 0 amide bonds. The first-order chi connectivity index (χ1) is 11.6. The molecule has 0 aliphatic heterocycles. The van der Waals surface area contributed by atoms with Gasteiger partial charge < -0.3 is 9.47 Å². The minimum Gasteiger partial charge on any atom is -0.483 e. The van der Waals surface area contributed by atoms with E-state index >= 15 is 0 Å². The lowest BCUT2D eigenvalue weighted by molar-refractivity contribution is 0.0600. The van der Waals surface area contributed by atoms with Crippen LogP contribution in [0.5, 0.6) is 5.75 Å². The molecule has 0 N–H and O–H groups in total. The van der Waals surface area contributed by atoms with E-state index in [2.05, 4.69) is 4.74 Å². The predicted octanol–water partition coefficient (Wildman–Crippen LogP) is 3.61. The molecule has 1 aliphatic carbocycles. The molecule has 0 radical (unpaired) electrons. The van der Waals surface area contributed by atoms with Crippen molar-refractivity contribution in [3.8, 4) is 5.75 Å². The summed E-state index contributed by atoms with van der Waals surface area (Å²) in [6.45, 7) is 1.74. The van der Waals surface area contributed by atoms with Gasteiger partial charge in [-0.1, -0.05) is 12.1 Å². The zero-order chi connectivity index (χ0) is 17.1. The molecule has 24 heavy (non-hydrogen) atoms. The van der Waals surface area contributed by atoms with Gasteiger partial charge in [-0.05, 0) is 67.6 Å². The Morgan fingerprint density at radius 3 is 2.33 bits per heavy atom. The lowest BCUT2D eigenvalue weighted by atomic mass is 10.0. The van der Waals surface area contributed by atoms with Crippen LogP contribution in [0.4, 0.5) is 0 Å². The van der Waals surface area contributed by atoms with Gasteiger partial charge in [-0.2, -0.15) is 0 Å². The fourth-order valence-corrected chi connectivity index (χ4v) is 3.00. The number of ketones is 1. The molecular formula is C20H20O4. The number of ether oxygens (including phenoxy) is 2. The van der Waals surface area contributed by atoms with Crippen molar-refractivity contribution in [2.45, 2.75) is 32.3 Å². The molecule has 3 rings (SSSR count). The van der Waals surface area contributed by atoms with Crippen LogP contribution in [-0.2, 0) is 17.6 Å². The first kappa shape index (κ1) is 16.2. The van der Waals surface area contributed by atoms with Crippen molar-refractivity contribution < 1.29 is 19.1 Å². The maximum atomic E-state index is 12.6. The largest absolute Gasteiger partial charge is 0.483 e. The number of Topliss-reactive ketones (excluding diaryl/α,β-unsaturated/α-hetero) is 1. The Labute approximate surface area is 141 Å². The zero-order valence-corrected chi connectivity index (χ0v) is 13.9. The van der Waals surface area contributed by atoms with Crippen molar-refractivity contribution in [2.75, 3.05) is 7.11 Å². The van der Waals surface area contributed by atoms with Crippen LogP contribution >= 0.6 is 0 Å². The molecule has 4 heteroatoms. The number of hydrogen-bond donors (Lipinski definition) is 0. The van der Waals surface area contributed by atoms with Crippen molar-refractivity contribution >= 4 is 11.8 Å². The molecular weight excluding hydrogens is 304 g/mol. The Bertz CT molecular complexity index is 762. The van der Waals surface area contributed by atoms with E-state index in [4.69, 9.17) is 4.74 Å². The van der Waals surface area contributed by atoms with Crippen LogP contribution in [0.15, 0.2) is 42.5 Å². The summed E-state index contributed by atoms with van der Waals surface area (Å²) in [6, 6.07) is 12.5. The summed E-state index contributed by atoms with van der Waals surface area (Å²) < 4.78 is 10.4. The van der Waals surface area contributed by atoms with Gasteiger partial charge in [-0.15, -0.1) is 0 Å². The molecule has 0 spiro atoms. The summed E-state index contributed by atoms with van der Waals surface area (Å²) in [7, 11) is 1.34. The van der Waals surface area contributed by atoms with Crippen molar-refractivity contribution in [3.63, 3.8) is 0 Å². The molecule has 0 unspecified atom stereocenters. The van der Waals surface area contributed by atoms with Gasteiger partial charge >= 0.3 is 5.97 Å². The van der Waals surface area contributed by atoms with E-state index in [0.29, 0.717) is 16.9 Å². The van der Waals surface area contributed by atoms with Gasteiger partial charge in [0.2, 0.25) is 5.78 Å². The van der Waals surface area contributed by atoms with Crippen molar-refractivity contribution in [1.29, 1.82) is 0 Å². The van der Waals surface area contributed by atoms with Gasteiger partial charge in [0.25, 0.3) is 0 Å². The van der Waals surface area contributed by atoms with Gasteiger partial charge in [0.05, 0.1) is 12.7 Å². The smallest absolute Gasteiger partial charge is 0.337 e. The topological polar surface area (TPSA) is 52.6 Å². The van der Waals surface area contributed by atoms with E-state index in [-0.39, 0.29) is 5.78 Å². The van der Waals surface area contributed by atoms with E-state index < -0.39 is 12.1 Å². The van der Waals surface area contributed by atoms with Gasteiger partial charge in [-0.3, -0.25) is 4.79 Å². The maximum Gasteiger partial charge on any atom is 0.337 e. The van der Waals surface area contributed by atoms with Crippen LogP contribution in [-0.4, -0.2) is 25.0 Å². The minimum atomic E-state index is -0.589. The van der Waals surface area contributed by atoms with E-state index in [9.17, 15) is 9.59 Å². The summed E-state index contributed by atoms with van der Waals surface area (Å²) >= 11 is 0. The third-order valence-corrected chi connectivity index (χ3v) is 4.34. The fraction of sp³-hybridized carbons (Fsp3) is 0.300. The Kier molecular flexibility index (Phi) is 4.65. The Balaban J connectivity index is 1.69. The third-order valence-electron chi connectivity index (χ3n) is 4.34. The van der Waals surface area contributed by atoms with Crippen LogP contribution in [0.2, 0.25) is 0 Å². The molecule has 0 saturated carbocycles. The molecule has 0 bridgehead atoms. The predicted molar refractivity (Wildman–Crippen MR) is 90.7 cm³/mol. The third kappa shape index (κ3) is 3.32. The molecule has 1 atom stereocenters. The number of carbonyl (C=O) groups is 2. The molecule has 0 fully saturated rings. The van der Waals surface area contributed by atoms with Crippen LogP contribution in [0, 0.1) is 0 Å². The van der Waals surface area contributed by atoms with Crippen LogP contribution in [0.25, 0.3) is 0 Å². The first-order valence-electron chi connectivity index (χ1n) is 8.09. The number of hydrogen-bond acceptors (Lipinski definition) is 4. The highest BCUT2D eigenvalue weighted by molar-refractivity contribution is 5.99. The molecule has 2 aromatic carbocycles. The maximum absolute atomic E-state index is 12.6. The molecule has 1 aliphatic rings. The number of fused-ring (bicyclic) bond motifs is 1. The first-order valence-corrected chi connectivity index (χ1v) is 8.09. The molecule has 0 aromatic heterocycles. The summed E-state index contributed by atoms with van der Waals surface area (Å²) in [6.07, 6.45) is 2.71. The van der Waals surface area contributed by atoms with Gasteiger partial charge in [-0.25, -0.2) is 4.79 Å². The van der Waals surface area contributed by atoms with E-state index in [0.717, 1.165) is 19.3 Å². The van der Waals surface area contributed by atoms with E-state index in [1.54, 1.807) is 31.2 Å². The number of carbonyl (C=O) groups excluding carboxylic acids is 2. The van der Waals surface area contributed by atoms with Crippen LogP contribution < -0.4 is 4.74 Å². The Morgan fingerprint density at radius 2 is 1.62 bits per heavy atom. The number of benzene rings is 2. The minimum absolute atomic E-state index is 0.0401. The normalized spacial score (nSPS) is 13.9. The highest BCUT2D eigenvalue weighted by Gasteiger charge is 2.20. The van der Waals surface area contributed by atoms with Crippen molar-refractivity contribution in [2.24, 2.45) is 0 Å². The highest BCUT2D eigenvalue weighted by atomic mass is 16.5. The quantitative estimate of drug-likeness (QED) is 0.623. The van der Waals surface area contributed by atoms with E-state index in [1.165, 1.54) is 18.2 Å². The Hall–Kier alpha value is -2.62. The number of aryl methyl sites for hydroxylation is 2. The zero-order valence-electron chi connectivity index (χ0n) is 13.9. The molecule has 2 aromatic rings. The second kappa shape index (κ2) is 6.87. The van der Waals surface area contributed by atoms with Gasteiger partial charge in [0.1, 0.15) is 5.75 Å². The van der Waals surface area contributed by atoms with E-state index in [1.807, 2.05) is 18.2 Å². The second-order valence-corrected chi connectivity index (χ2v) is 5.98. The number of methoxy groups -OCH3 is 1. The highest BCUT2D eigenvalue weighted by Crippen LogP contribution is 2.24. The van der Waals surface area contributed by atoms with Crippen molar-refractivity contribution in [1.82, 2.24) is 0 Å². The van der Waals surface area contributed by atoms with Crippen LogP contribution in [0.1, 0.15) is 45.2 Å². The monoisotopic (exact) mass is 324 g/mol. The lowest BCUT2D eigenvalue weighted by Crippen LogP contribution is -2.24. The lowest BCUT2D eigenvalue weighted by Gasteiger charge is -2.14. The second-order valence-electron chi connectivity index (χ2n) is 5.98. The average Bonchev–Trinajstić information content (AvgIpc) is 3.08. The van der Waals surface area contributed by atoms with Crippen LogP contribution in [0.3, 0.4) is 0 Å². The van der Waals surface area contributed by atoms with Gasteiger partial charge in [0.15, 0.2) is 6.10 Å². The standard InChI is InChI=1S/C20H20O4/c1-13(24-18-10-8-15(9-11-18)20(22)23-2)19(21)17-7-6-14-4-3-5-16(14)12-17/h6-13H,3-5H2,1-2H3/t13-/m0/s1. The van der Waals surface area contributed by atoms with Gasteiger partial charge in [0, 0.05) is 5.56 Å². The van der Waals surface area contributed by atoms with Crippen molar-refractivity contribution in [3.05, 3.63) is 64.7 Å². The summed E-state index contributed by atoms with van der Waals surface area (Å²) in [5, 5.41) is 0. The molecule has 4 nitrogen and oxygen atoms in total. The summed E-state index contributed by atoms with van der Waals surface area (Å²) in [5.74, 6) is 0.107. The number of esters is 1. The molecule has 0 saturated heterocycles. The summed E-state index contributed by atoms with van der Waals surface area (Å²) in [4.78, 5) is 24.0. The molecule has 124 valence electrons. The Morgan fingerprint density at radius 1 is 0.958 bits per heavy atom. The average molecular weight is 324 g/mol.